The summed E-state index contributed by atoms with van der Waals surface area (Å²) in [5.74, 6) is -0.895. The first-order valence-electron chi connectivity index (χ1n) is 8.47. The van der Waals surface area contributed by atoms with Crippen LogP contribution in [-0.2, 0) is 11.2 Å². The van der Waals surface area contributed by atoms with Gasteiger partial charge in [0.1, 0.15) is 0 Å². The monoisotopic (exact) mass is 315 g/mol. The van der Waals surface area contributed by atoms with Crippen LogP contribution in [0.2, 0.25) is 0 Å². The number of carbonyl (C=O) groups excluding carboxylic acids is 1. The normalized spacial score (nSPS) is 11.0. The van der Waals surface area contributed by atoms with Crippen molar-refractivity contribution in [1.29, 1.82) is 0 Å². The lowest BCUT2D eigenvalue weighted by atomic mass is 10.1. The third-order valence-electron chi connectivity index (χ3n) is 4.13. The number of aryl methyl sites for hydroxylation is 1. The number of aromatic nitrogens is 1. The van der Waals surface area contributed by atoms with E-state index in [1.165, 1.54) is 31.2 Å². The Hall–Kier alpha value is -2.10. The van der Waals surface area contributed by atoms with Crippen LogP contribution in [0.3, 0.4) is 0 Å². The maximum absolute atomic E-state index is 12.3. The van der Waals surface area contributed by atoms with Crippen molar-refractivity contribution in [2.75, 3.05) is 0 Å². The van der Waals surface area contributed by atoms with Gasteiger partial charge in [-0.1, -0.05) is 38.3 Å². The smallest absolute Gasteiger partial charge is 0.303 e. The summed E-state index contributed by atoms with van der Waals surface area (Å²) in [5.41, 5.74) is 2.19. The molecule has 0 aliphatic heterocycles. The molecule has 23 heavy (non-hydrogen) atoms. The summed E-state index contributed by atoms with van der Waals surface area (Å²) < 4.78 is 1.66. The average molecular weight is 315 g/mol. The molecule has 4 heteroatoms. The maximum Gasteiger partial charge on any atom is 0.303 e. The molecule has 2 aromatic rings. The molecule has 0 spiro atoms. The minimum atomic E-state index is -0.857. The zero-order valence-corrected chi connectivity index (χ0v) is 13.8. The van der Waals surface area contributed by atoms with Gasteiger partial charge in [0.15, 0.2) is 0 Å². The van der Waals surface area contributed by atoms with E-state index in [4.69, 9.17) is 5.11 Å². The van der Waals surface area contributed by atoms with E-state index in [1.807, 2.05) is 6.07 Å². The van der Waals surface area contributed by atoms with Gasteiger partial charge in [-0.05, 0) is 37.0 Å². The van der Waals surface area contributed by atoms with Gasteiger partial charge in [0.25, 0.3) is 0 Å². The number of hydrogen-bond donors (Lipinski definition) is 1. The average Bonchev–Trinajstić information content (AvgIpc) is 2.94. The van der Waals surface area contributed by atoms with E-state index in [0.29, 0.717) is 6.42 Å². The second-order valence-corrected chi connectivity index (χ2v) is 6.03. The van der Waals surface area contributed by atoms with Crippen LogP contribution in [0.25, 0.3) is 10.9 Å². The molecule has 0 aliphatic rings. The van der Waals surface area contributed by atoms with Gasteiger partial charge < -0.3 is 5.11 Å². The maximum atomic E-state index is 12.3. The second kappa shape index (κ2) is 8.51. The first kappa shape index (κ1) is 17.3. The minimum Gasteiger partial charge on any atom is -0.481 e. The van der Waals surface area contributed by atoms with Crippen LogP contribution in [0.5, 0.6) is 0 Å². The molecule has 1 heterocycles. The molecule has 4 nitrogen and oxygen atoms in total. The molecular formula is C19H25NO3. The Morgan fingerprint density at radius 3 is 2.61 bits per heavy atom. The number of benzene rings is 1. The summed E-state index contributed by atoms with van der Waals surface area (Å²) in [7, 11) is 0. The molecule has 1 aromatic carbocycles. The molecule has 1 N–H and O–H groups in total. The van der Waals surface area contributed by atoms with Crippen LogP contribution in [0.1, 0.15) is 62.2 Å². The zero-order chi connectivity index (χ0) is 16.7. The highest BCUT2D eigenvalue weighted by Crippen LogP contribution is 2.20. The Labute approximate surface area is 137 Å². The van der Waals surface area contributed by atoms with Crippen LogP contribution in [0.15, 0.2) is 30.5 Å². The van der Waals surface area contributed by atoms with Gasteiger partial charge in [-0.15, -0.1) is 0 Å². The number of carbonyl (C=O) groups is 2. The zero-order valence-electron chi connectivity index (χ0n) is 13.8. The van der Waals surface area contributed by atoms with Gasteiger partial charge in [-0.3, -0.25) is 14.2 Å². The number of fused-ring (bicyclic) bond motifs is 1. The third kappa shape index (κ3) is 4.95. The van der Waals surface area contributed by atoms with Crippen LogP contribution < -0.4 is 0 Å². The van der Waals surface area contributed by atoms with Crippen LogP contribution in [0.4, 0.5) is 0 Å². The van der Waals surface area contributed by atoms with Gasteiger partial charge in [-0.25, -0.2) is 0 Å². The Morgan fingerprint density at radius 1 is 1.04 bits per heavy atom. The molecule has 0 atom stereocenters. The van der Waals surface area contributed by atoms with Gasteiger partial charge in [0.05, 0.1) is 5.52 Å². The van der Waals surface area contributed by atoms with Gasteiger partial charge in [0.2, 0.25) is 5.91 Å². The highest BCUT2D eigenvalue weighted by molar-refractivity contribution is 5.92. The fraction of sp³-hybridized carbons (Fsp3) is 0.474. The number of carboxylic acids is 1. The van der Waals surface area contributed by atoms with E-state index in [-0.39, 0.29) is 18.7 Å². The van der Waals surface area contributed by atoms with Crippen molar-refractivity contribution in [2.45, 2.75) is 58.3 Å². The first-order valence-corrected chi connectivity index (χ1v) is 8.47. The SMILES string of the molecule is CCCCCCc1ccc2ccn(C(=O)CCCC(=O)O)c2c1. The predicted molar refractivity (Wildman–Crippen MR) is 91.9 cm³/mol. The molecule has 0 saturated carbocycles. The Kier molecular flexibility index (Phi) is 6.39. The van der Waals surface area contributed by atoms with E-state index in [0.717, 1.165) is 17.3 Å². The number of carboxylic acid groups (broad SMARTS) is 1. The molecular weight excluding hydrogens is 290 g/mol. The molecule has 0 fully saturated rings. The molecule has 1 aromatic heterocycles. The third-order valence-corrected chi connectivity index (χ3v) is 4.13. The van der Waals surface area contributed by atoms with E-state index in [2.05, 4.69) is 25.1 Å². The predicted octanol–water partition coefficient (Wildman–Crippen LogP) is 4.66. The summed E-state index contributed by atoms with van der Waals surface area (Å²) in [6.07, 6.45) is 8.40. The Balaban J connectivity index is 2.05. The number of rotatable bonds is 9. The van der Waals surface area contributed by atoms with Gasteiger partial charge >= 0.3 is 5.97 Å². The summed E-state index contributed by atoms with van der Waals surface area (Å²) >= 11 is 0. The van der Waals surface area contributed by atoms with Crippen molar-refractivity contribution in [3.63, 3.8) is 0 Å². The fourth-order valence-corrected chi connectivity index (χ4v) is 2.81. The molecule has 0 unspecified atom stereocenters. The molecule has 0 radical (unpaired) electrons. The quantitative estimate of drug-likeness (QED) is 0.685. The summed E-state index contributed by atoms with van der Waals surface area (Å²) in [4.78, 5) is 22.8. The van der Waals surface area contributed by atoms with Crippen LogP contribution in [-0.4, -0.2) is 21.6 Å². The van der Waals surface area contributed by atoms with Crippen molar-refractivity contribution in [2.24, 2.45) is 0 Å². The van der Waals surface area contributed by atoms with Crippen molar-refractivity contribution in [1.82, 2.24) is 4.57 Å². The molecule has 0 aliphatic carbocycles. The highest BCUT2D eigenvalue weighted by atomic mass is 16.4. The van der Waals surface area contributed by atoms with Gasteiger partial charge in [-0.2, -0.15) is 0 Å². The van der Waals surface area contributed by atoms with E-state index >= 15 is 0 Å². The summed E-state index contributed by atoms with van der Waals surface area (Å²) in [6.45, 7) is 2.20. The Morgan fingerprint density at radius 2 is 1.87 bits per heavy atom. The van der Waals surface area contributed by atoms with Crippen LogP contribution >= 0.6 is 0 Å². The fourth-order valence-electron chi connectivity index (χ4n) is 2.81. The number of nitrogens with zero attached hydrogens (tertiary/aromatic N) is 1. The largest absolute Gasteiger partial charge is 0.481 e. The molecule has 124 valence electrons. The summed E-state index contributed by atoms with van der Waals surface area (Å²) in [6, 6.07) is 8.22. The Bertz CT molecular complexity index is 672. The summed E-state index contributed by atoms with van der Waals surface area (Å²) in [5, 5.41) is 9.72. The minimum absolute atomic E-state index is 0.0353. The number of unbranched alkanes of at least 4 members (excludes halogenated alkanes) is 3. The van der Waals surface area contributed by atoms with Crippen molar-refractivity contribution >= 4 is 22.8 Å². The number of aliphatic carboxylic acids is 1. The van der Waals surface area contributed by atoms with Crippen molar-refractivity contribution in [3.05, 3.63) is 36.0 Å². The lowest BCUT2D eigenvalue weighted by molar-refractivity contribution is -0.137. The van der Waals surface area contributed by atoms with Gasteiger partial charge in [0, 0.05) is 24.4 Å². The molecule has 0 saturated heterocycles. The van der Waals surface area contributed by atoms with E-state index in [9.17, 15) is 9.59 Å². The lowest BCUT2D eigenvalue weighted by Crippen LogP contribution is -2.09. The topological polar surface area (TPSA) is 59.3 Å². The highest BCUT2D eigenvalue weighted by Gasteiger charge is 2.10. The van der Waals surface area contributed by atoms with Crippen molar-refractivity contribution in [3.8, 4) is 0 Å². The second-order valence-electron chi connectivity index (χ2n) is 6.03. The molecule has 0 amide bonds. The first-order chi connectivity index (χ1) is 11.1. The van der Waals surface area contributed by atoms with E-state index < -0.39 is 5.97 Å². The van der Waals surface area contributed by atoms with Crippen LogP contribution in [0, 0.1) is 0 Å². The lowest BCUT2D eigenvalue weighted by Gasteiger charge is -2.06. The number of hydrogen-bond acceptors (Lipinski definition) is 2. The molecule has 2 rings (SSSR count). The molecule has 0 bridgehead atoms. The standard InChI is InChI=1S/C19H25NO3/c1-2-3-4-5-7-15-10-11-16-12-13-20(17(16)14-15)18(21)8-6-9-19(22)23/h10-14H,2-9H2,1H3,(H,22,23). The van der Waals surface area contributed by atoms with Crippen molar-refractivity contribution < 1.29 is 14.7 Å². The van der Waals surface area contributed by atoms with E-state index in [1.54, 1.807) is 10.8 Å².